The quantitative estimate of drug-likeness (QED) is 0.216. The highest BCUT2D eigenvalue weighted by Crippen LogP contribution is 2.40. The molecule has 0 bridgehead atoms. The molecule has 0 saturated carbocycles. The maximum Gasteiger partial charge on any atom is 0.112 e. The number of azide groups is 1. The molecule has 0 aliphatic carbocycles. The molecule has 0 radical (unpaired) electrons. The molecule has 1 saturated heterocycles. The molecule has 0 amide bonds. The van der Waals surface area contributed by atoms with Gasteiger partial charge in [-0.25, -0.2) is 0 Å². The van der Waals surface area contributed by atoms with Crippen molar-refractivity contribution in [3.8, 4) is 0 Å². The zero-order chi connectivity index (χ0) is 20.6. The Morgan fingerprint density at radius 1 is 1.10 bits per heavy atom. The largest absolute Gasteiger partial charge is 0.390 e. The van der Waals surface area contributed by atoms with Gasteiger partial charge in [0.05, 0.1) is 29.4 Å². The minimum absolute atomic E-state index is 0.123. The van der Waals surface area contributed by atoms with Crippen LogP contribution in [-0.2, 0) is 9.47 Å². The normalized spacial score (nSPS) is 25.4. The van der Waals surface area contributed by atoms with Gasteiger partial charge in [0.1, 0.15) is 12.2 Å². The highest BCUT2D eigenvalue weighted by Gasteiger charge is 2.45. The Hall–Kier alpha value is -1.71. The van der Waals surface area contributed by atoms with Crippen LogP contribution in [0.3, 0.4) is 0 Å². The fourth-order valence-electron chi connectivity index (χ4n) is 3.11. The molecule has 1 aliphatic rings. The van der Waals surface area contributed by atoms with Gasteiger partial charge in [-0.05, 0) is 29.8 Å². The van der Waals surface area contributed by atoms with Crippen LogP contribution in [0.4, 0.5) is 0 Å². The second-order valence-electron chi connectivity index (χ2n) is 6.48. The second kappa shape index (κ2) is 10.9. The van der Waals surface area contributed by atoms with Gasteiger partial charge >= 0.3 is 0 Å². The molecular formula is C20H23N3O4S2. The van der Waals surface area contributed by atoms with Crippen molar-refractivity contribution >= 4 is 23.5 Å². The van der Waals surface area contributed by atoms with E-state index in [9.17, 15) is 10.2 Å². The second-order valence-corrected chi connectivity index (χ2v) is 9.21. The SMILES string of the molecule is CO[C@@H]1CO[C@@H]([C@@H](O)C(Sc2ccccc2)Sc2ccccc2)[C@H](O)[C@@H]1N=[N+]=[N-]. The first-order valence-electron chi connectivity index (χ1n) is 9.12. The van der Waals surface area contributed by atoms with Crippen molar-refractivity contribution in [2.75, 3.05) is 13.7 Å². The first-order chi connectivity index (χ1) is 14.1. The Kier molecular flexibility index (Phi) is 8.26. The number of aliphatic hydroxyl groups excluding tert-OH is 2. The molecule has 0 aromatic heterocycles. The highest BCUT2D eigenvalue weighted by molar-refractivity contribution is 8.17. The number of hydrogen-bond donors (Lipinski definition) is 2. The van der Waals surface area contributed by atoms with Crippen molar-refractivity contribution in [3.63, 3.8) is 0 Å². The lowest BCUT2D eigenvalue weighted by Crippen LogP contribution is -2.57. The minimum atomic E-state index is -1.19. The highest BCUT2D eigenvalue weighted by atomic mass is 32.2. The summed E-state index contributed by atoms with van der Waals surface area (Å²) in [6.45, 7) is 0.123. The summed E-state index contributed by atoms with van der Waals surface area (Å²) in [4.78, 5) is 4.80. The average Bonchev–Trinajstić information content (AvgIpc) is 2.76. The molecule has 1 fully saturated rings. The smallest absolute Gasteiger partial charge is 0.112 e. The fourth-order valence-corrected chi connectivity index (χ4v) is 5.73. The first kappa shape index (κ1) is 22.0. The van der Waals surface area contributed by atoms with Crippen LogP contribution in [0.1, 0.15) is 0 Å². The third-order valence-electron chi connectivity index (χ3n) is 4.61. The molecule has 154 valence electrons. The summed E-state index contributed by atoms with van der Waals surface area (Å²) in [6, 6.07) is 18.7. The van der Waals surface area contributed by atoms with E-state index in [0.717, 1.165) is 9.79 Å². The van der Waals surface area contributed by atoms with Crippen molar-refractivity contribution in [1.29, 1.82) is 0 Å². The molecule has 3 rings (SSSR count). The average molecular weight is 434 g/mol. The van der Waals surface area contributed by atoms with E-state index >= 15 is 0 Å². The molecule has 9 heteroatoms. The number of ether oxygens (including phenoxy) is 2. The van der Waals surface area contributed by atoms with Gasteiger partial charge in [0.25, 0.3) is 0 Å². The standard InChI is InChI=1S/C20H23N3O4S2/c1-26-15-12-27-19(17(24)16(15)22-23-21)18(25)20(28-13-8-4-2-5-9-13)29-14-10-6-3-7-11-14/h2-11,15-20,24-25H,12H2,1H3/t15-,16-,17-,18-,19-/m1/s1. The van der Waals surface area contributed by atoms with E-state index in [1.807, 2.05) is 60.7 Å². The van der Waals surface area contributed by atoms with E-state index in [0.29, 0.717) is 0 Å². The van der Waals surface area contributed by atoms with Gasteiger partial charge in [0.2, 0.25) is 0 Å². The van der Waals surface area contributed by atoms with E-state index in [-0.39, 0.29) is 11.2 Å². The predicted octanol–water partition coefficient (Wildman–Crippen LogP) is 3.71. The zero-order valence-electron chi connectivity index (χ0n) is 15.8. The van der Waals surface area contributed by atoms with Gasteiger partial charge in [0, 0.05) is 21.8 Å². The summed E-state index contributed by atoms with van der Waals surface area (Å²) in [5, 5.41) is 25.6. The molecule has 5 atom stereocenters. The lowest BCUT2D eigenvalue weighted by Gasteiger charge is -2.41. The van der Waals surface area contributed by atoms with Crippen LogP contribution in [0.15, 0.2) is 75.6 Å². The van der Waals surface area contributed by atoms with Gasteiger partial charge in [-0.1, -0.05) is 41.5 Å². The third-order valence-corrected chi connectivity index (χ3v) is 7.30. The number of nitrogens with zero attached hydrogens (tertiary/aromatic N) is 3. The van der Waals surface area contributed by atoms with E-state index in [4.69, 9.17) is 15.0 Å². The van der Waals surface area contributed by atoms with Crippen LogP contribution in [-0.4, -0.2) is 59.0 Å². The number of hydrogen-bond acceptors (Lipinski definition) is 7. The van der Waals surface area contributed by atoms with Crippen molar-refractivity contribution in [2.45, 2.75) is 44.8 Å². The molecule has 0 unspecified atom stereocenters. The Labute approximate surface area is 178 Å². The summed E-state index contributed by atoms with van der Waals surface area (Å²) in [7, 11) is 1.47. The fraction of sp³-hybridized carbons (Fsp3) is 0.400. The van der Waals surface area contributed by atoms with Gasteiger partial charge in [-0.2, -0.15) is 0 Å². The third kappa shape index (κ3) is 5.67. The molecule has 2 aromatic carbocycles. The number of aliphatic hydroxyl groups is 2. The zero-order valence-corrected chi connectivity index (χ0v) is 17.4. The van der Waals surface area contributed by atoms with Crippen LogP contribution in [0, 0.1) is 0 Å². The molecular weight excluding hydrogens is 410 g/mol. The van der Waals surface area contributed by atoms with Gasteiger partial charge in [-0.3, -0.25) is 0 Å². The Balaban J connectivity index is 1.82. The number of thioether (sulfide) groups is 2. The lowest BCUT2D eigenvalue weighted by molar-refractivity contribution is -0.172. The summed E-state index contributed by atoms with van der Waals surface area (Å²) in [6.07, 6.45) is -3.68. The Morgan fingerprint density at radius 2 is 1.66 bits per heavy atom. The van der Waals surface area contributed by atoms with Crippen molar-refractivity contribution in [2.24, 2.45) is 5.11 Å². The Morgan fingerprint density at radius 3 is 2.14 bits per heavy atom. The van der Waals surface area contributed by atoms with E-state index in [2.05, 4.69) is 10.0 Å². The maximum absolute atomic E-state index is 11.2. The summed E-state index contributed by atoms with van der Waals surface area (Å²) in [5.41, 5.74) is 8.85. The lowest BCUT2D eigenvalue weighted by atomic mass is 9.95. The maximum atomic E-state index is 11.2. The molecule has 7 nitrogen and oxygen atoms in total. The molecule has 2 aromatic rings. The molecule has 1 heterocycles. The van der Waals surface area contributed by atoms with Gasteiger partial charge < -0.3 is 19.7 Å². The minimum Gasteiger partial charge on any atom is -0.390 e. The summed E-state index contributed by atoms with van der Waals surface area (Å²) < 4.78 is 10.7. The summed E-state index contributed by atoms with van der Waals surface area (Å²) >= 11 is 2.99. The van der Waals surface area contributed by atoms with Crippen molar-refractivity contribution < 1.29 is 19.7 Å². The van der Waals surface area contributed by atoms with Crippen molar-refractivity contribution in [3.05, 3.63) is 71.1 Å². The molecule has 0 spiro atoms. The summed E-state index contributed by atoms with van der Waals surface area (Å²) in [5.74, 6) is 0. The monoisotopic (exact) mass is 433 g/mol. The Bertz CT molecular complexity index is 766. The molecule has 29 heavy (non-hydrogen) atoms. The van der Waals surface area contributed by atoms with E-state index in [1.54, 1.807) is 0 Å². The van der Waals surface area contributed by atoms with E-state index < -0.39 is 30.5 Å². The van der Waals surface area contributed by atoms with Crippen LogP contribution < -0.4 is 0 Å². The van der Waals surface area contributed by atoms with Crippen LogP contribution in [0.2, 0.25) is 0 Å². The number of rotatable bonds is 8. The van der Waals surface area contributed by atoms with Crippen LogP contribution in [0.5, 0.6) is 0 Å². The number of methoxy groups -OCH3 is 1. The van der Waals surface area contributed by atoms with Gasteiger partial charge in [0.15, 0.2) is 0 Å². The molecule has 1 aliphatic heterocycles. The number of benzene rings is 2. The first-order valence-corrected chi connectivity index (χ1v) is 10.9. The van der Waals surface area contributed by atoms with E-state index in [1.165, 1.54) is 30.6 Å². The van der Waals surface area contributed by atoms with Crippen molar-refractivity contribution in [1.82, 2.24) is 0 Å². The topological polar surface area (TPSA) is 108 Å². The van der Waals surface area contributed by atoms with Crippen LogP contribution in [0.25, 0.3) is 10.4 Å². The predicted molar refractivity (Wildman–Crippen MR) is 114 cm³/mol. The van der Waals surface area contributed by atoms with Crippen LogP contribution >= 0.6 is 23.5 Å². The van der Waals surface area contributed by atoms with Gasteiger partial charge in [-0.15, -0.1) is 23.5 Å². The molecule has 2 N–H and O–H groups in total.